The molecule has 3 aromatic rings. The SMILES string of the molecule is CCc1[nH]nc2nc(-c3ccc(O)cc3)cc(C(=O)N3CCC4(CC3)CNC4)c12. The van der Waals surface area contributed by atoms with Crippen LogP contribution in [0.5, 0.6) is 5.75 Å². The Hall–Kier alpha value is -2.93. The Kier molecular flexibility index (Phi) is 4.28. The van der Waals surface area contributed by atoms with Gasteiger partial charge in [0.25, 0.3) is 5.91 Å². The summed E-state index contributed by atoms with van der Waals surface area (Å²) in [6.07, 6.45) is 2.86. The lowest BCUT2D eigenvalue weighted by atomic mass is 9.73. The van der Waals surface area contributed by atoms with E-state index in [2.05, 4.69) is 20.5 Å². The van der Waals surface area contributed by atoms with Gasteiger partial charge >= 0.3 is 0 Å². The maximum absolute atomic E-state index is 13.5. The number of nitrogens with one attached hydrogen (secondary N) is 2. The normalized spacial score (nSPS) is 18.2. The summed E-state index contributed by atoms with van der Waals surface area (Å²) in [7, 11) is 0. The van der Waals surface area contributed by atoms with Crippen molar-refractivity contribution in [2.45, 2.75) is 26.2 Å². The second-order valence-electron chi connectivity index (χ2n) is 8.25. The Morgan fingerprint density at radius 1 is 1.21 bits per heavy atom. The molecule has 2 fully saturated rings. The quantitative estimate of drug-likeness (QED) is 0.638. The number of carbonyl (C=O) groups is 1. The van der Waals surface area contributed by atoms with Crippen molar-refractivity contribution in [3.8, 4) is 17.0 Å². The van der Waals surface area contributed by atoms with E-state index in [0.717, 1.165) is 62.1 Å². The zero-order valence-corrected chi connectivity index (χ0v) is 16.5. The fourth-order valence-corrected chi connectivity index (χ4v) is 4.48. The molecule has 29 heavy (non-hydrogen) atoms. The molecule has 0 aliphatic carbocycles. The van der Waals surface area contributed by atoms with E-state index >= 15 is 0 Å². The van der Waals surface area contributed by atoms with E-state index in [1.807, 2.05) is 17.9 Å². The predicted molar refractivity (Wildman–Crippen MR) is 111 cm³/mol. The van der Waals surface area contributed by atoms with Gasteiger partial charge in [0.2, 0.25) is 0 Å². The maximum Gasteiger partial charge on any atom is 0.254 e. The first kappa shape index (κ1) is 18.1. The fourth-order valence-electron chi connectivity index (χ4n) is 4.48. The minimum absolute atomic E-state index is 0.0515. The number of hydrogen-bond donors (Lipinski definition) is 3. The number of hydrogen-bond acceptors (Lipinski definition) is 5. The number of benzene rings is 1. The summed E-state index contributed by atoms with van der Waals surface area (Å²) >= 11 is 0. The van der Waals surface area contributed by atoms with Gasteiger partial charge in [0.15, 0.2) is 5.65 Å². The Morgan fingerprint density at radius 3 is 2.55 bits per heavy atom. The molecule has 0 unspecified atom stereocenters. The van der Waals surface area contributed by atoms with Gasteiger partial charge in [-0.3, -0.25) is 9.89 Å². The molecule has 4 heterocycles. The molecule has 2 aliphatic rings. The van der Waals surface area contributed by atoms with Crippen LogP contribution in [0, 0.1) is 5.41 Å². The molecule has 3 N–H and O–H groups in total. The number of amides is 1. The van der Waals surface area contributed by atoms with Crippen LogP contribution in [0.1, 0.15) is 35.8 Å². The van der Waals surface area contributed by atoms with E-state index < -0.39 is 0 Å². The summed E-state index contributed by atoms with van der Waals surface area (Å²) in [5.41, 5.74) is 4.08. The number of piperidine rings is 1. The van der Waals surface area contributed by atoms with Crippen LogP contribution in [0.2, 0.25) is 0 Å². The lowest BCUT2D eigenvalue weighted by molar-refractivity contribution is 0.0416. The van der Waals surface area contributed by atoms with Gasteiger partial charge in [0, 0.05) is 37.4 Å². The third-order valence-electron chi connectivity index (χ3n) is 6.46. The summed E-state index contributed by atoms with van der Waals surface area (Å²) in [4.78, 5) is 20.2. The number of aryl methyl sites for hydroxylation is 1. The van der Waals surface area contributed by atoms with Crippen molar-refractivity contribution in [1.29, 1.82) is 0 Å². The molecule has 0 bridgehead atoms. The van der Waals surface area contributed by atoms with Crippen LogP contribution < -0.4 is 5.32 Å². The van der Waals surface area contributed by atoms with Gasteiger partial charge in [-0.25, -0.2) is 4.98 Å². The average molecular weight is 391 g/mol. The summed E-state index contributed by atoms with van der Waals surface area (Å²) in [5, 5.41) is 21.2. The Morgan fingerprint density at radius 2 is 1.93 bits per heavy atom. The summed E-state index contributed by atoms with van der Waals surface area (Å²) in [6.45, 7) is 5.77. The highest BCUT2D eigenvalue weighted by molar-refractivity contribution is 6.07. The number of phenols is 1. The standard InChI is InChI=1S/C22H25N5O2/c1-2-17-19-16(21(29)27-9-7-22(8-10-27)12-23-13-22)11-18(24-20(19)26-25-17)14-3-5-15(28)6-4-14/h3-6,11,23,28H,2,7-10,12-13H2,1H3,(H,24,25,26). The molecule has 7 heteroatoms. The summed E-state index contributed by atoms with van der Waals surface area (Å²) in [6, 6.07) is 8.74. The first-order valence-electron chi connectivity index (χ1n) is 10.3. The van der Waals surface area contributed by atoms with Crippen molar-refractivity contribution in [3.05, 3.63) is 41.6 Å². The van der Waals surface area contributed by atoms with Crippen LogP contribution in [0.15, 0.2) is 30.3 Å². The lowest BCUT2D eigenvalue weighted by Gasteiger charge is -2.48. The number of fused-ring (bicyclic) bond motifs is 1. The summed E-state index contributed by atoms with van der Waals surface area (Å²) < 4.78 is 0. The summed E-state index contributed by atoms with van der Waals surface area (Å²) in [5.74, 6) is 0.252. The van der Waals surface area contributed by atoms with Crippen LogP contribution in [0.3, 0.4) is 0 Å². The van der Waals surface area contributed by atoms with Gasteiger partial charge in [0.05, 0.1) is 16.6 Å². The van der Waals surface area contributed by atoms with Gasteiger partial charge < -0.3 is 15.3 Å². The molecule has 2 aromatic heterocycles. The zero-order valence-electron chi connectivity index (χ0n) is 16.5. The van der Waals surface area contributed by atoms with Gasteiger partial charge in [-0.2, -0.15) is 5.10 Å². The number of aromatic hydroxyl groups is 1. The minimum atomic E-state index is 0.0515. The Bertz CT molecular complexity index is 1060. The van der Waals surface area contributed by atoms with Gasteiger partial charge in [-0.1, -0.05) is 6.92 Å². The van der Waals surface area contributed by atoms with Crippen LogP contribution >= 0.6 is 0 Å². The molecule has 0 saturated carbocycles. The zero-order chi connectivity index (χ0) is 20.0. The lowest BCUT2D eigenvalue weighted by Crippen LogP contribution is -2.58. The number of carbonyl (C=O) groups excluding carboxylic acids is 1. The number of aromatic nitrogens is 3. The number of pyridine rings is 1. The highest BCUT2D eigenvalue weighted by Gasteiger charge is 2.40. The molecule has 1 spiro atoms. The van der Waals surface area contributed by atoms with E-state index in [4.69, 9.17) is 0 Å². The second-order valence-corrected chi connectivity index (χ2v) is 8.25. The molecule has 2 aliphatic heterocycles. The third kappa shape index (κ3) is 3.06. The van der Waals surface area contributed by atoms with Crippen molar-refractivity contribution in [2.24, 2.45) is 5.41 Å². The van der Waals surface area contributed by atoms with Crippen molar-refractivity contribution in [2.75, 3.05) is 26.2 Å². The molecule has 150 valence electrons. The molecular weight excluding hydrogens is 366 g/mol. The molecule has 2 saturated heterocycles. The highest BCUT2D eigenvalue weighted by atomic mass is 16.3. The average Bonchev–Trinajstić information content (AvgIpc) is 3.15. The van der Waals surface area contributed by atoms with E-state index in [0.29, 0.717) is 22.3 Å². The maximum atomic E-state index is 13.5. The van der Waals surface area contributed by atoms with Crippen LogP contribution in [0.25, 0.3) is 22.3 Å². The first-order chi connectivity index (χ1) is 14.1. The largest absolute Gasteiger partial charge is 0.508 e. The topological polar surface area (TPSA) is 94.1 Å². The van der Waals surface area contributed by atoms with Crippen LogP contribution in [0.4, 0.5) is 0 Å². The Balaban J connectivity index is 1.54. The number of aromatic amines is 1. The number of H-pyrrole nitrogens is 1. The van der Waals surface area contributed by atoms with E-state index in [1.54, 1.807) is 24.3 Å². The number of rotatable bonds is 3. The van der Waals surface area contributed by atoms with Crippen LogP contribution in [-0.4, -0.2) is 57.3 Å². The fraction of sp³-hybridized carbons (Fsp3) is 0.409. The van der Waals surface area contributed by atoms with E-state index in [9.17, 15) is 9.90 Å². The molecule has 1 aromatic carbocycles. The first-order valence-corrected chi connectivity index (χ1v) is 10.3. The molecule has 0 atom stereocenters. The number of phenolic OH excluding ortho intramolecular Hbond substituents is 1. The van der Waals surface area contributed by atoms with E-state index in [-0.39, 0.29) is 11.7 Å². The monoisotopic (exact) mass is 391 g/mol. The van der Waals surface area contributed by atoms with Gasteiger partial charge in [-0.05, 0) is 55.0 Å². The second kappa shape index (κ2) is 6.84. The van der Waals surface area contributed by atoms with Gasteiger partial charge in [-0.15, -0.1) is 0 Å². The van der Waals surface area contributed by atoms with Gasteiger partial charge in [0.1, 0.15) is 5.75 Å². The van der Waals surface area contributed by atoms with Crippen molar-refractivity contribution in [3.63, 3.8) is 0 Å². The van der Waals surface area contributed by atoms with Crippen LogP contribution in [-0.2, 0) is 6.42 Å². The number of nitrogens with zero attached hydrogens (tertiary/aromatic N) is 3. The molecule has 5 rings (SSSR count). The minimum Gasteiger partial charge on any atom is -0.508 e. The molecule has 1 amide bonds. The molecule has 7 nitrogen and oxygen atoms in total. The Labute approximate surface area is 169 Å². The molecular formula is C22H25N5O2. The van der Waals surface area contributed by atoms with Crippen molar-refractivity contribution < 1.29 is 9.90 Å². The van der Waals surface area contributed by atoms with E-state index in [1.165, 1.54) is 0 Å². The van der Waals surface area contributed by atoms with Crippen molar-refractivity contribution in [1.82, 2.24) is 25.4 Å². The third-order valence-corrected chi connectivity index (χ3v) is 6.46. The molecule has 0 radical (unpaired) electrons. The number of likely N-dealkylation sites (tertiary alicyclic amines) is 1. The predicted octanol–water partition coefficient (Wildman–Crippen LogP) is 2.72. The smallest absolute Gasteiger partial charge is 0.254 e. The van der Waals surface area contributed by atoms with Crippen molar-refractivity contribution >= 4 is 16.9 Å². The highest BCUT2D eigenvalue weighted by Crippen LogP contribution is 2.36.